The quantitative estimate of drug-likeness (QED) is 0.361. The SMILES string of the molecule is COc1ccc(CC(=O)N2CCN(c3nc(Cc4ccccc4)nc4sc5c(c34)CCCC5)CC2)cc1. The minimum atomic E-state index is 0.176. The van der Waals surface area contributed by atoms with E-state index < -0.39 is 0 Å². The number of carbonyl (C=O) groups excluding carboxylic acids is 1. The van der Waals surface area contributed by atoms with Crippen LogP contribution in [0, 0.1) is 0 Å². The number of piperazine rings is 1. The van der Waals surface area contributed by atoms with Crippen LogP contribution in [-0.4, -0.2) is 54.1 Å². The molecule has 6 rings (SSSR count). The number of fused-ring (bicyclic) bond motifs is 3. The smallest absolute Gasteiger partial charge is 0.227 e. The highest BCUT2D eigenvalue weighted by atomic mass is 32.1. The maximum absolute atomic E-state index is 13.0. The van der Waals surface area contributed by atoms with Gasteiger partial charge in [-0.25, -0.2) is 9.97 Å². The van der Waals surface area contributed by atoms with E-state index >= 15 is 0 Å². The molecule has 1 aliphatic heterocycles. The fraction of sp³-hybridized carbons (Fsp3) is 0.367. The molecule has 2 aromatic carbocycles. The Hall–Kier alpha value is -3.45. The summed E-state index contributed by atoms with van der Waals surface area (Å²) in [4.78, 5) is 30.2. The lowest BCUT2D eigenvalue weighted by Gasteiger charge is -2.36. The zero-order valence-electron chi connectivity index (χ0n) is 21.3. The van der Waals surface area contributed by atoms with Crippen molar-refractivity contribution < 1.29 is 9.53 Å². The molecule has 190 valence electrons. The molecule has 0 N–H and O–H groups in total. The lowest BCUT2D eigenvalue weighted by molar-refractivity contribution is -0.130. The van der Waals surface area contributed by atoms with Crippen molar-refractivity contribution in [2.24, 2.45) is 0 Å². The normalized spacial score (nSPS) is 15.6. The number of ether oxygens (including phenoxy) is 1. The van der Waals surface area contributed by atoms with Crippen LogP contribution in [0.25, 0.3) is 10.2 Å². The fourth-order valence-electron chi connectivity index (χ4n) is 5.46. The van der Waals surface area contributed by atoms with Gasteiger partial charge in [0.05, 0.1) is 18.9 Å². The summed E-state index contributed by atoms with van der Waals surface area (Å²) in [5.41, 5.74) is 3.70. The van der Waals surface area contributed by atoms with Gasteiger partial charge in [-0.05, 0) is 54.5 Å². The second kappa shape index (κ2) is 10.5. The van der Waals surface area contributed by atoms with Gasteiger partial charge in [0.25, 0.3) is 0 Å². The van der Waals surface area contributed by atoms with Crippen molar-refractivity contribution in [3.05, 3.63) is 82.0 Å². The Kier molecular flexibility index (Phi) is 6.79. The first kappa shape index (κ1) is 23.9. The fourth-order valence-corrected chi connectivity index (χ4v) is 6.74. The summed E-state index contributed by atoms with van der Waals surface area (Å²) in [6.07, 6.45) is 5.90. The van der Waals surface area contributed by atoms with Crippen molar-refractivity contribution in [1.82, 2.24) is 14.9 Å². The molecule has 0 atom stereocenters. The first-order chi connectivity index (χ1) is 18.2. The van der Waals surface area contributed by atoms with Crippen molar-refractivity contribution in [2.45, 2.75) is 38.5 Å². The number of methoxy groups -OCH3 is 1. The highest BCUT2D eigenvalue weighted by molar-refractivity contribution is 7.19. The Balaban J connectivity index is 1.23. The third kappa shape index (κ3) is 5.05. The molecule has 3 heterocycles. The average molecular weight is 513 g/mol. The lowest BCUT2D eigenvalue weighted by atomic mass is 9.96. The lowest BCUT2D eigenvalue weighted by Crippen LogP contribution is -2.49. The summed E-state index contributed by atoms with van der Waals surface area (Å²) in [6, 6.07) is 18.2. The average Bonchev–Trinajstić information content (AvgIpc) is 3.32. The van der Waals surface area contributed by atoms with Crippen LogP contribution in [0.2, 0.25) is 0 Å². The van der Waals surface area contributed by atoms with Gasteiger partial charge in [0, 0.05) is 37.5 Å². The van der Waals surface area contributed by atoms with Crippen LogP contribution in [0.15, 0.2) is 54.6 Å². The van der Waals surface area contributed by atoms with E-state index in [9.17, 15) is 4.79 Å². The molecule has 0 saturated carbocycles. The van der Waals surface area contributed by atoms with E-state index in [2.05, 4.69) is 29.2 Å². The second-order valence-corrected chi connectivity index (χ2v) is 11.0. The number of aryl methyl sites for hydroxylation is 2. The van der Waals surface area contributed by atoms with Crippen molar-refractivity contribution in [1.29, 1.82) is 0 Å². The van der Waals surface area contributed by atoms with E-state index in [1.165, 1.54) is 34.2 Å². The predicted octanol–water partition coefficient (Wildman–Crippen LogP) is 5.06. The topological polar surface area (TPSA) is 58.6 Å². The van der Waals surface area contributed by atoms with Gasteiger partial charge in [-0.15, -0.1) is 11.3 Å². The molecule has 0 unspecified atom stereocenters. The molecule has 2 aliphatic rings. The summed E-state index contributed by atoms with van der Waals surface area (Å²) in [5.74, 6) is 2.93. The van der Waals surface area contributed by atoms with E-state index in [1.54, 1.807) is 7.11 Å². The van der Waals surface area contributed by atoms with Crippen LogP contribution in [0.4, 0.5) is 5.82 Å². The van der Waals surface area contributed by atoms with E-state index in [-0.39, 0.29) is 5.91 Å². The number of nitrogens with zero attached hydrogens (tertiary/aromatic N) is 4. The number of thiophene rings is 1. The van der Waals surface area contributed by atoms with E-state index in [0.717, 1.165) is 60.1 Å². The zero-order valence-corrected chi connectivity index (χ0v) is 22.1. The zero-order chi connectivity index (χ0) is 25.2. The third-order valence-corrected chi connectivity index (χ3v) is 8.68. The van der Waals surface area contributed by atoms with Gasteiger partial charge in [-0.2, -0.15) is 0 Å². The van der Waals surface area contributed by atoms with Gasteiger partial charge in [0.15, 0.2) is 0 Å². The van der Waals surface area contributed by atoms with Crippen molar-refractivity contribution >= 4 is 33.3 Å². The number of hydrogen-bond acceptors (Lipinski definition) is 6. The van der Waals surface area contributed by atoms with E-state index in [4.69, 9.17) is 14.7 Å². The van der Waals surface area contributed by atoms with Gasteiger partial charge in [0.2, 0.25) is 5.91 Å². The predicted molar refractivity (Wildman–Crippen MR) is 149 cm³/mol. The summed E-state index contributed by atoms with van der Waals surface area (Å²) in [7, 11) is 1.65. The number of hydrogen-bond donors (Lipinski definition) is 0. The van der Waals surface area contributed by atoms with Crippen molar-refractivity contribution in [2.75, 3.05) is 38.2 Å². The van der Waals surface area contributed by atoms with Crippen LogP contribution in [-0.2, 0) is 30.5 Å². The molecule has 4 aromatic rings. The minimum Gasteiger partial charge on any atom is -0.497 e. The molecule has 1 saturated heterocycles. The van der Waals surface area contributed by atoms with E-state index in [0.29, 0.717) is 19.5 Å². The highest BCUT2D eigenvalue weighted by Gasteiger charge is 2.27. The summed E-state index contributed by atoms with van der Waals surface area (Å²) in [5, 5.41) is 1.26. The monoisotopic (exact) mass is 512 g/mol. The number of benzene rings is 2. The molecule has 0 spiro atoms. The second-order valence-electron chi connectivity index (χ2n) is 9.91. The third-order valence-electron chi connectivity index (χ3n) is 7.49. The molecule has 1 aliphatic carbocycles. The largest absolute Gasteiger partial charge is 0.497 e. The maximum atomic E-state index is 13.0. The number of carbonyl (C=O) groups is 1. The van der Waals surface area contributed by atoms with Gasteiger partial charge < -0.3 is 14.5 Å². The van der Waals surface area contributed by atoms with Crippen LogP contribution in [0.1, 0.15) is 40.2 Å². The minimum absolute atomic E-state index is 0.176. The Morgan fingerprint density at radius 1 is 0.919 bits per heavy atom. The van der Waals surface area contributed by atoms with Crippen LogP contribution in [0.3, 0.4) is 0 Å². The molecule has 1 fully saturated rings. The van der Waals surface area contributed by atoms with Gasteiger partial charge in [0.1, 0.15) is 22.2 Å². The van der Waals surface area contributed by atoms with Crippen LogP contribution < -0.4 is 9.64 Å². The number of rotatable bonds is 6. The molecule has 37 heavy (non-hydrogen) atoms. The van der Waals surface area contributed by atoms with Gasteiger partial charge in [-0.3, -0.25) is 4.79 Å². The Morgan fingerprint density at radius 2 is 1.68 bits per heavy atom. The summed E-state index contributed by atoms with van der Waals surface area (Å²) in [6.45, 7) is 2.99. The first-order valence-corrected chi connectivity index (χ1v) is 14.0. The molecule has 0 bridgehead atoms. The van der Waals surface area contributed by atoms with Gasteiger partial charge in [-0.1, -0.05) is 42.5 Å². The molecular formula is C30H32N4O2S. The first-order valence-electron chi connectivity index (χ1n) is 13.2. The van der Waals surface area contributed by atoms with Crippen LogP contribution in [0.5, 0.6) is 5.75 Å². The van der Waals surface area contributed by atoms with Crippen LogP contribution >= 0.6 is 11.3 Å². The number of anilines is 1. The summed E-state index contributed by atoms with van der Waals surface area (Å²) >= 11 is 1.86. The highest BCUT2D eigenvalue weighted by Crippen LogP contribution is 2.40. The molecular weight excluding hydrogens is 480 g/mol. The molecule has 1 amide bonds. The standard InChI is InChI=1S/C30H32N4O2S/c1-36-23-13-11-22(12-14-23)20-27(35)33-15-17-34(18-16-33)29-28-24-9-5-6-10-25(24)37-30(28)32-26(31-29)19-21-7-3-2-4-8-21/h2-4,7-8,11-14H,5-6,9-10,15-20H2,1H3. The van der Waals surface area contributed by atoms with Crippen molar-refractivity contribution in [3.8, 4) is 5.75 Å². The Bertz CT molecular complexity index is 1390. The number of amides is 1. The molecule has 6 nitrogen and oxygen atoms in total. The Morgan fingerprint density at radius 3 is 2.43 bits per heavy atom. The molecule has 7 heteroatoms. The van der Waals surface area contributed by atoms with Crippen molar-refractivity contribution in [3.63, 3.8) is 0 Å². The van der Waals surface area contributed by atoms with Gasteiger partial charge >= 0.3 is 0 Å². The maximum Gasteiger partial charge on any atom is 0.227 e. The Labute approximate surface area is 221 Å². The van der Waals surface area contributed by atoms with E-state index in [1.807, 2.05) is 46.6 Å². The molecule has 0 radical (unpaired) electrons. The molecule has 2 aromatic heterocycles. The number of aromatic nitrogens is 2. The summed E-state index contributed by atoms with van der Waals surface area (Å²) < 4.78 is 5.23.